The molecule has 112 valence electrons. The fourth-order valence-electron chi connectivity index (χ4n) is 3.36. The maximum absolute atomic E-state index is 14.2. The van der Waals surface area contributed by atoms with Crippen LogP contribution in [0.25, 0.3) is 0 Å². The number of nitrogens with one attached hydrogen (secondary N) is 1. The number of halogens is 3. The molecule has 4 unspecified atom stereocenters. The molecule has 0 bridgehead atoms. The second kappa shape index (κ2) is 6.52. The molecule has 0 aromatic heterocycles. The van der Waals surface area contributed by atoms with Crippen LogP contribution in [-0.2, 0) is 0 Å². The maximum Gasteiger partial charge on any atom is 0.132 e. The van der Waals surface area contributed by atoms with Crippen LogP contribution in [-0.4, -0.2) is 7.05 Å². The molecule has 1 aliphatic rings. The van der Waals surface area contributed by atoms with E-state index < -0.39 is 11.6 Å². The Kier molecular flexibility index (Phi) is 5.19. The Morgan fingerprint density at radius 1 is 1.15 bits per heavy atom. The molecule has 0 heterocycles. The average Bonchev–Trinajstić information content (AvgIpc) is 2.37. The molecule has 4 atom stereocenters. The van der Waals surface area contributed by atoms with E-state index in [1.807, 2.05) is 0 Å². The standard InChI is InChI=1S/C16H22BrF2N/c1-9-4-5-11(6-10(9)2)16(20-3)15-13(18)7-12(17)8-14(15)19/h7-11,16,20H,4-6H2,1-3H3. The lowest BCUT2D eigenvalue weighted by atomic mass is 9.72. The second-order valence-electron chi connectivity index (χ2n) is 6.08. The van der Waals surface area contributed by atoms with Crippen molar-refractivity contribution in [2.75, 3.05) is 7.05 Å². The zero-order chi connectivity index (χ0) is 14.9. The molecule has 4 heteroatoms. The zero-order valence-electron chi connectivity index (χ0n) is 12.2. The van der Waals surface area contributed by atoms with Gasteiger partial charge in [0.05, 0.1) is 0 Å². The van der Waals surface area contributed by atoms with E-state index in [0.717, 1.165) is 19.3 Å². The molecule has 1 N–H and O–H groups in total. The van der Waals surface area contributed by atoms with E-state index in [9.17, 15) is 8.78 Å². The molecule has 1 nitrogen and oxygen atoms in total. The van der Waals surface area contributed by atoms with Gasteiger partial charge in [-0.2, -0.15) is 0 Å². The summed E-state index contributed by atoms with van der Waals surface area (Å²) in [5, 5.41) is 3.13. The van der Waals surface area contributed by atoms with Gasteiger partial charge in [0.25, 0.3) is 0 Å². The zero-order valence-corrected chi connectivity index (χ0v) is 13.8. The number of rotatable bonds is 3. The van der Waals surface area contributed by atoms with E-state index in [1.165, 1.54) is 12.1 Å². The average molecular weight is 346 g/mol. The minimum absolute atomic E-state index is 0.183. The van der Waals surface area contributed by atoms with Gasteiger partial charge in [0.1, 0.15) is 11.6 Å². The van der Waals surface area contributed by atoms with Crippen molar-refractivity contribution >= 4 is 15.9 Å². The lowest BCUT2D eigenvalue weighted by Gasteiger charge is -2.37. The van der Waals surface area contributed by atoms with Gasteiger partial charge in [0.15, 0.2) is 0 Å². The number of benzene rings is 1. The van der Waals surface area contributed by atoms with E-state index >= 15 is 0 Å². The first-order chi connectivity index (χ1) is 9.43. The Morgan fingerprint density at radius 2 is 1.75 bits per heavy atom. The van der Waals surface area contributed by atoms with Gasteiger partial charge >= 0.3 is 0 Å². The first kappa shape index (κ1) is 15.9. The van der Waals surface area contributed by atoms with Crippen molar-refractivity contribution in [3.8, 4) is 0 Å². The third-order valence-electron chi connectivity index (χ3n) is 4.78. The normalized spacial score (nSPS) is 28.4. The maximum atomic E-state index is 14.2. The van der Waals surface area contributed by atoms with Gasteiger partial charge in [-0.25, -0.2) is 8.78 Å². The smallest absolute Gasteiger partial charge is 0.132 e. The third kappa shape index (κ3) is 3.22. The van der Waals surface area contributed by atoms with Crippen molar-refractivity contribution in [2.45, 2.75) is 39.2 Å². The molecule has 0 radical (unpaired) electrons. The van der Waals surface area contributed by atoms with Crippen LogP contribution in [0.4, 0.5) is 8.78 Å². The van der Waals surface area contributed by atoms with Crippen LogP contribution >= 0.6 is 15.9 Å². The van der Waals surface area contributed by atoms with Crippen LogP contribution in [0.5, 0.6) is 0 Å². The summed E-state index contributed by atoms with van der Waals surface area (Å²) in [6, 6.07) is 2.44. The molecule has 1 fully saturated rings. The summed E-state index contributed by atoms with van der Waals surface area (Å²) in [4.78, 5) is 0. The highest BCUT2D eigenvalue weighted by atomic mass is 79.9. The van der Waals surface area contributed by atoms with Gasteiger partial charge in [-0.3, -0.25) is 0 Å². The molecule has 0 aliphatic heterocycles. The quantitative estimate of drug-likeness (QED) is 0.807. The first-order valence-corrected chi connectivity index (χ1v) is 8.05. The van der Waals surface area contributed by atoms with Crippen LogP contribution in [0.3, 0.4) is 0 Å². The fourth-order valence-corrected chi connectivity index (χ4v) is 3.76. The highest BCUT2D eigenvalue weighted by Gasteiger charge is 2.33. The molecule has 2 rings (SSSR count). The predicted molar refractivity (Wildman–Crippen MR) is 81.5 cm³/mol. The summed E-state index contributed by atoms with van der Waals surface area (Å²) in [6.07, 6.45) is 3.16. The predicted octanol–water partition coefficient (Wildman–Crippen LogP) is 5.06. The van der Waals surface area contributed by atoms with Crippen molar-refractivity contribution in [1.82, 2.24) is 5.32 Å². The molecule has 1 aliphatic carbocycles. The van der Waals surface area contributed by atoms with Crippen LogP contribution in [0.2, 0.25) is 0 Å². The minimum atomic E-state index is -0.470. The number of hydrogen-bond acceptors (Lipinski definition) is 1. The van der Waals surface area contributed by atoms with Crippen LogP contribution < -0.4 is 5.32 Å². The van der Waals surface area contributed by atoms with Gasteiger partial charge in [-0.1, -0.05) is 36.2 Å². The Balaban J connectivity index is 2.29. The van der Waals surface area contributed by atoms with E-state index in [2.05, 4.69) is 35.1 Å². The summed E-state index contributed by atoms with van der Waals surface area (Å²) in [6.45, 7) is 4.49. The van der Waals surface area contributed by atoms with Gasteiger partial charge in [-0.15, -0.1) is 0 Å². The largest absolute Gasteiger partial charge is 0.313 e. The van der Waals surface area contributed by atoms with Gasteiger partial charge in [0, 0.05) is 16.1 Å². The molecule has 1 aromatic carbocycles. The topological polar surface area (TPSA) is 12.0 Å². The van der Waals surface area contributed by atoms with E-state index in [4.69, 9.17) is 0 Å². The Morgan fingerprint density at radius 3 is 2.25 bits per heavy atom. The molecular weight excluding hydrogens is 324 g/mol. The Bertz CT molecular complexity index is 455. The monoisotopic (exact) mass is 345 g/mol. The van der Waals surface area contributed by atoms with Gasteiger partial charge < -0.3 is 5.32 Å². The lowest BCUT2D eigenvalue weighted by Crippen LogP contribution is -2.32. The Hall–Kier alpha value is -0.480. The van der Waals surface area contributed by atoms with Crippen molar-refractivity contribution in [1.29, 1.82) is 0 Å². The second-order valence-corrected chi connectivity index (χ2v) is 6.99. The highest BCUT2D eigenvalue weighted by Crippen LogP contribution is 2.41. The van der Waals surface area contributed by atoms with Crippen molar-refractivity contribution in [2.24, 2.45) is 17.8 Å². The summed E-state index contributed by atoms with van der Waals surface area (Å²) in [5.41, 5.74) is 0.183. The van der Waals surface area contributed by atoms with E-state index in [-0.39, 0.29) is 17.5 Å². The molecular formula is C16H22BrF2N. The van der Waals surface area contributed by atoms with E-state index in [1.54, 1.807) is 7.05 Å². The SMILES string of the molecule is CNC(c1c(F)cc(Br)cc1F)C1CCC(C)C(C)C1. The summed E-state index contributed by atoms with van der Waals surface area (Å²) in [7, 11) is 1.79. The van der Waals surface area contributed by atoms with Gasteiger partial charge in [0.2, 0.25) is 0 Å². The van der Waals surface area contributed by atoms with Crippen molar-refractivity contribution < 1.29 is 8.78 Å². The number of hydrogen-bond donors (Lipinski definition) is 1. The van der Waals surface area contributed by atoms with Crippen molar-refractivity contribution in [3.63, 3.8) is 0 Å². The summed E-state index contributed by atoms with van der Waals surface area (Å²) in [5.74, 6) is 0.649. The fraction of sp³-hybridized carbons (Fsp3) is 0.625. The third-order valence-corrected chi connectivity index (χ3v) is 5.23. The first-order valence-electron chi connectivity index (χ1n) is 7.25. The van der Waals surface area contributed by atoms with E-state index in [0.29, 0.717) is 16.3 Å². The minimum Gasteiger partial charge on any atom is -0.313 e. The Labute approximate surface area is 128 Å². The van der Waals surface area contributed by atoms with Crippen molar-refractivity contribution in [3.05, 3.63) is 33.8 Å². The van der Waals surface area contributed by atoms with Crippen LogP contribution in [0, 0.1) is 29.4 Å². The molecule has 0 spiro atoms. The molecule has 1 saturated carbocycles. The van der Waals surface area contributed by atoms with Crippen LogP contribution in [0.1, 0.15) is 44.7 Å². The molecule has 0 saturated heterocycles. The van der Waals surface area contributed by atoms with Crippen LogP contribution in [0.15, 0.2) is 16.6 Å². The molecule has 0 amide bonds. The molecule has 1 aromatic rings. The summed E-state index contributed by atoms with van der Waals surface area (Å²) < 4.78 is 28.8. The van der Waals surface area contributed by atoms with Gasteiger partial charge in [-0.05, 0) is 49.8 Å². The summed E-state index contributed by atoms with van der Waals surface area (Å²) >= 11 is 3.13. The lowest BCUT2D eigenvalue weighted by molar-refractivity contribution is 0.171. The highest BCUT2D eigenvalue weighted by molar-refractivity contribution is 9.10. The molecule has 20 heavy (non-hydrogen) atoms.